The lowest BCUT2D eigenvalue weighted by molar-refractivity contribution is 0.102. The number of nitrogens with one attached hydrogen (secondary N) is 2. The van der Waals surface area contributed by atoms with E-state index in [2.05, 4.69) is 26.7 Å². The minimum Gasteiger partial charge on any atom is -0.370 e. The largest absolute Gasteiger partial charge is 0.370 e. The quantitative estimate of drug-likeness (QED) is 0.755. The molecule has 0 aliphatic heterocycles. The van der Waals surface area contributed by atoms with Crippen molar-refractivity contribution < 1.29 is 13.6 Å². The van der Waals surface area contributed by atoms with E-state index in [1.165, 1.54) is 36.9 Å². The Balaban J connectivity index is 1.61. The van der Waals surface area contributed by atoms with Gasteiger partial charge in [0.25, 0.3) is 5.91 Å². The summed E-state index contributed by atoms with van der Waals surface area (Å²) in [5, 5.41) is 5.37. The van der Waals surface area contributed by atoms with E-state index in [-0.39, 0.29) is 5.69 Å². The molecule has 1 amide bonds. The van der Waals surface area contributed by atoms with Crippen LogP contribution < -0.4 is 10.6 Å². The molecule has 2 N–H and O–H groups in total. The van der Waals surface area contributed by atoms with E-state index in [4.69, 9.17) is 0 Å². The minimum absolute atomic E-state index is 0.0297. The van der Waals surface area contributed by atoms with E-state index >= 15 is 0 Å². The maximum Gasteiger partial charge on any atom is 0.274 e. The summed E-state index contributed by atoms with van der Waals surface area (Å²) in [5.41, 5.74) is 0.975. The van der Waals surface area contributed by atoms with Crippen LogP contribution in [0.5, 0.6) is 0 Å². The van der Waals surface area contributed by atoms with Gasteiger partial charge in [-0.25, -0.2) is 18.7 Å². The third-order valence-electron chi connectivity index (χ3n) is 4.24. The standard InChI is InChI=1S/C19H20F2N4O/c20-14-7-4-8-15(21)18(14)25-19(26)16-11-17(24-12-23-16)22-10-9-13-5-2-1-3-6-13/h4-5,7-8,11-12H,1-3,6,9-10H2,(H,25,26)(H,22,23,24). The highest BCUT2D eigenvalue weighted by atomic mass is 19.1. The molecule has 0 spiro atoms. The average molecular weight is 358 g/mol. The first-order valence-electron chi connectivity index (χ1n) is 8.62. The fourth-order valence-corrected chi connectivity index (χ4v) is 2.86. The van der Waals surface area contributed by atoms with Crippen LogP contribution in [-0.4, -0.2) is 22.4 Å². The lowest BCUT2D eigenvalue weighted by Crippen LogP contribution is -2.16. The number of allylic oxidation sites excluding steroid dienone is 1. The summed E-state index contributed by atoms with van der Waals surface area (Å²) in [6.07, 6.45) is 9.21. The van der Waals surface area contributed by atoms with Crippen LogP contribution in [0.3, 0.4) is 0 Å². The number of hydrogen-bond donors (Lipinski definition) is 2. The van der Waals surface area contributed by atoms with E-state index in [9.17, 15) is 13.6 Å². The zero-order valence-electron chi connectivity index (χ0n) is 14.3. The molecule has 26 heavy (non-hydrogen) atoms. The van der Waals surface area contributed by atoms with Crippen molar-refractivity contribution in [2.45, 2.75) is 32.1 Å². The predicted octanol–water partition coefficient (Wildman–Crippen LogP) is 4.31. The topological polar surface area (TPSA) is 66.9 Å². The van der Waals surface area contributed by atoms with Crippen molar-refractivity contribution in [3.8, 4) is 0 Å². The van der Waals surface area contributed by atoms with E-state index in [1.807, 2.05) is 0 Å². The number of halogens is 2. The summed E-state index contributed by atoms with van der Waals surface area (Å²) in [7, 11) is 0. The summed E-state index contributed by atoms with van der Waals surface area (Å²) < 4.78 is 27.3. The Morgan fingerprint density at radius 2 is 1.96 bits per heavy atom. The van der Waals surface area contributed by atoms with Crippen molar-refractivity contribution in [3.63, 3.8) is 0 Å². The summed E-state index contributed by atoms with van der Waals surface area (Å²) in [5.74, 6) is -1.89. The molecule has 7 heteroatoms. The second-order valence-corrected chi connectivity index (χ2v) is 6.12. The molecular weight excluding hydrogens is 338 g/mol. The summed E-state index contributed by atoms with van der Waals surface area (Å²) in [6, 6.07) is 4.84. The fraction of sp³-hybridized carbons (Fsp3) is 0.316. The first-order chi connectivity index (χ1) is 12.6. The van der Waals surface area contributed by atoms with Crippen molar-refractivity contribution >= 4 is 17.4 Å². The maximum absolute atomic E-state index is 13.6. The first kappa shape index (κ1) is 18.0. The van der Waals surface area contributed by atoms with Gasteiger partial charge in [0.1, 0.15) is 35.2 Å². The van der Waals surface area contributed by atoms with Gasteiger partial charge >= 0.3 is 0 Å². The number of amides is 1. The molecule has 0 fully saturated rings. The molecule has 1 aromatic carbocycles. The van der Waals surface area contributed by atoms with Crippen LogP contribution in [0.25, 0.3) is 0 Å². The molecule has 5 nitrogen and oxygen atoms in total. The molecule has 2 aromatic rings. The Morgan fingerprint density at radius 3 is 2.69 bits per heavy atom. The van der Waals surface area contributed by atoms with Crippen molar-refractivity contribution in [2.24, 2.45) is 0 Å². The zero-order chi connectivity index (χ0) is 18.4. The molecule has 0 bridgehead atoms. The zero-order valence-corrected chi connectivity index (χ0v) is 14.3. The normalized spacial score (nSPS) is 13.8. The molecule has 1 heterocycles. The molecule has 0 atom stereocenters. The first-order valence-corrected chi connectivity index (χ1v) is 8.62. The summed E-state index contributed by atoms with van der Waals surface area (Å²) in [4.78, 5) is 20.2. The maximum atomic E-state index is 13.6. The number of carbonyl (C=O) groups excluding carboxylic acids is 1. The Bertz CT molecular complexity index is 803. The molecule has 0 radical (unpaired) electrons. The second kappa shape index (κ2) is 8.51. The number of hydrogen-bond acceptors (Lipinski definition) is 4. The number of para-hydroxylation sites is 1. The smallest absolute Gasteiger partial charge is 0.274 e. The van der Waals surface area contributed by atoms with E-state index < -0.39 is 23.2 Å². The van der Waals surface area contributed by atoms with Gasteiger partial charge in [0.05, 0.1) is 0 Å². The number of carbonyl (C=O) groups is 1. The van der Waals surface area contributed by atoms with Crippen LogP contribution in [0.1, 0.15) is 42.6 Å². The van der Waals surface area contributed by atoms with Crippen molar-refractivity contribution in [1.82, 2.24) is 9.97 Å². The van der Waals surface area contributed by atoms with E-state index in [0.717, 1.165) is 31.4 Å². The van der Waals surface area contributed by atoms with Crippen LogP contribution in [0.4, 0.5) is 20.3 Å². The van der Waals surface area contributed by atoms with Crippen LogP contribution in [0.2, 0.25) is 0 Å². The van der Waals surface area contributed by atoms with Crippen LogP contribution in [0, 0.1) is 11.6 Å². The van der Waals surface area contributed by atoms with Crippen LogP contribution >= 0.6 is 0 Å². The van der Waals surface area contributed by atoms with Crippen molar-refractivity contribution in [2.75, 3.05) is 17.2 Å². The fourth-order valence-electron chi connectivity index (χ4n) is 2.86. The van der Waals surface area contributed by atoms with Crippen molar-refractivity contribution in [3.05, 3.63) is 59.6 Å². The molecule has 3 rings (SSSR count). The van der Waals surface area contributed by atoms with E-state index in [0.29, 0.717) is 12.4 Å². The van der Waals surface area contributed by atoms with Crippen molar-refractivity contribution in [1.29, 1.82) is 0 Å². The molecule has 0 saturated carbocycles. The van der Waals surface area contributed by atoms with Gasteiger partial charge in [0.15, 0.2) is 0 Å². The molecule has 0 saturated heterocycles. The van der Waals surface area contributed by atoms with Gasteiger partial charge in [-0.3, -0.25) is 4.79 Å². The Kier molecular flexibility index (Phi) is 5.88. The summed E-state index contributed by atoms with van der Waals surface area (Å²) >= 11 is 0. The molecule has 0 unspecified atom stereocenters. The number of nitrogens with zero attached hydrogens (tertiary/aromatic N) is 2. The second-order valence-electron chi connectivity index (χ2n) is 6.12. The molecule has 136 valence electrons. The van der Waals surface area contributed by atoms with Gasteiger partial charge in [0.2, 0.25) is 0 Å². The van der Waals surface area contributed by atoms with Gasteiger partial charge in [-0.2, -0.15) is 0 Å². The van der Waals surface area contributed by atoms with Crippen LogP contribution in [-0.2, 0) is 0 Å². The summed E-state index contributed by atoms with van der Waals surface area (Å²) in [6.45, 7) is 0.700. The third kappa shape index (κ3) is 4.62. The van der Waals surface area contributed by atoms with Gasteiger partial charge in [-0.15, -0.1) is 0 Å². The van der Waals surface area contributed by atoms with Gasteiger partial charge in [-0.1, -0.05) is 17.7 Å². The number of anilines is 2. The highest BCUT2D eigenvalue weighted by molar-refractivity contribution is 6.03. The molecule has 1 aliphatic carbocycles. The lowest BCUT2D eigenvalue weighted by Gasteiger charge is -2.13. The van der Waals surface area contributed by atoms with E-state index in [1.54, 1.807) is 0 Å². The molecular formula is C19H20F2N4O. The predicted molar refractivity (Wildman–Crippen MR) is 96.0 cm³/mol. The highest BCUT2D eigenvalue weighted by Gasteiger charge is 2.15. The highest BCUT2D eigenvalue weighted by Crippen LogP contribution is 2.21. The SMILES string of the molecule is O=C(Nc1c(F)cccc1F)c1cc(NCCC2=CCCCC2)ncn1. The number of benzene rings is 1. The Hall–Kier alpha value is -2.83. The third-order valence-corrected chi connectivity index (χ3v) is 4.24. The lowest BCUT2D eigenvalue weighted by atomic mass is 9.97. The number of aromatic nitrogens is 2. The molecule has 1 aliphatic rings. The monoisotopic (exact) mass is 358 g/mol. The van der Waals surface area contributed by atoms with Gasteiger partial charge in [0, 0.05) is 12.6 Å². The Morgan fingerprint density at radius 1 is 1.15 bits per heavy atom. The minimum atomic E-state index is -0.841. The van der Waals surface area contributed by atoms with Gasteiger partial charge < -0.3 is 10.6 Å². The van der Waals surface area contributed by atoms with Crippen LogP contribution in [0.15, 0.2) is 42.2 Å². The Labute approximate surface area is 150 Å². The number of rotatable bonds is 6. The van der Waals surface area contributed by atoms with Gasteiger partial charge in [-0.05, 0) is 44.2 Å². The molecule has 1 aromatic heterocycles. The average Bonchev–Trinajstić information content (AvgIpc) is 2.66.